The molecule has 144 valence electrons. The van der Waals surface area contributed by atoms with Crippen LogP contribution in [0.15, 0.2) is 54.0 Å². The Balaban J connectivity index is 1.58. The van der Waals surface area contributed by atoms with E-state index in [1.54, 1.807) is 61.0 Å². The molecule has 3 rings (SSSR count). The molecule has 1 unspecified atom stereocenters. The minimum Gasteiger partial charge on any atom is -0.479 e. The van der Waals surface area contributed by atoms with E-state index in [1.807, 2.05) is 0 Å². The maximum atomic E-state index is 12.3. The largest absolute Gasteiger partial charge is 0.479 e. The van der Waals surface area contributed by atoms with Crippen molar-refractivity contribution in [2.45, 2.75) is 13.0 Å². The quantitative estimate of drug-likeness (QED) is 0.563. The average Bonchev–Trinajstić information content (AvgIpc) is 3.17. The fraction of sp³-hybridized carbons (Fsp3) is 0.105. The maximum Gasteiger partial charge on any atom is 0.265 e. The first-order valence-corrected chi connectivity index (χ1v) is 9.79. The predicted octanol–water partition coefficient (Wildman–Crippen LogP) is 5.11. The van der Waals surface area contributed by atoms with Crippen molar-refractivity contribution in [3.8, 4) is 5.75 Å². The number of hydrogen-bond donors (Lipinski definition) is 2. The summed E-state index contributed by atoms with van der Waals surface area (Å²) >= 11 is 13.2. The van der Waals surface area contributed by atoms with Crippen LogP contribution < -0.4 is 15.4 Å². The second kappa shape index (κ2) is 9.05. The number of rotatable bonds is 6. The number of amides is 2. The summed E-state index contributed by atoms with van der Waals surface area (Å²) in [4.78, 5) is 28.5. The molecule has 2 amide bonds. The monoisotopic (exact) mass is 435 g/mol. The predicted molar refractivity (Wildman–Crippen MR) is 112 cm³/mol. The van der Waals surface area contributed by atoms with Gasteiger partial charge in [-0.15, -0.1) is 11.3 Å². The number of hydrogen-bond acceptors (Lipinski definition) is 5. The number of aromatic nitrogens is 1. The molecule has 0 fully saturated rings. The molecule has 0 aliphatic carbocycles. The van der Waals surface area contributed by atoms with Crippen molar-refractivity contribution in [2.75, 3.05) is 10.6 Å². The third-order valence-corrected chi connectivity index (χ3v) is 4.85. The summed E-state index contributed by atoms with van der Waals surface area (Å²) in [6, 6.07) is 11.3. The van der Waals surface area contributed by atoms with E-state index in [4.69, 9.17) is 27.9 Å². The van der Waals surface area contributed by atoms with Crippen LogP contribution in [0.1, 0.15) is 17.3 Å². The summed E-state index contributed by atoms with van der Waals surface area (Å²) in [6.07, 6.45) is 0.825. The summed E-state index contributed by atoms with van der Waals surface area (Å²) in [5.74, 6) is -0.268. The van der Waals surface area contributed by atoms with Crippen LogP contribution in [0.2, 0.25) is 10.0 Å². The molecular weight excluding hydrogens is 421 g/mol. The Morgan fingerprint density at radius 2 is 1.86 bits per heavy atom. The van der Waals surface area contributed by atoms with Gasteiger partial charge in [-0.25, -0.2) is 4.98 Å². The van der Waals surface area contributed by atoms with E-state index in [2.05, 4.69) is 15.6 Å². The van der Waals surface area contributed by atoms with Crippen molar-refractivity contribution >= 4 is 57.2 Å². The van der Waals surface area contributed by atoms with Crippen LogP contribution in [0.25, 0.3) is 0 Å². The molecule has 0 spiro atoms. The van der Waals surface area contributed by atoms with Crippen LogP contribution >= 0.6 is 34.5 Å². The molecule has 28 heavy (non-hydrogen) atoms. The molecule has 0 radical (unpaired) electrons. The van der Waals surface area contributed by atoms with Gasteiger partial charge in [-0.05, 0) is 49.4 Å². The van der Waals surface area contributed by atoms with Gasteiger partial charge < -0.3 is 10.1 Å². The highest BCUT2D eigenvalue weighted by molar-refractivity contribution is 7.13. The van der Waals surface area contributed by atoms with Crippen molar-refractivity contribution in [2.24, 2.45) is 0 Å². The third-order valence-electron chi connectivity index (χ3n) is 3.63. The van der Waals surface area contributed by atoms with Crippen molar-refractivity contribution in [3.63, 3.8) is 0 Å². The van der Waals surface area contributed by atoms with E-state index in [1.165, 1.54) is 11.3 Å². The van der Waals surface area contributed by atoms with Gasteiger partial charge in [-0.1, -0.05) is 23.2 Å². The highest BCUT2D eigenvalue weighted by Crippen LogP contribution is 2.28. The van der Waals surface area contributed by atoms with Gasteiger partial charge in [-0.3, -0.25) is 14.9 Å². The van der Waals surface area contributed by atoms with Gasteiger partial charge in [0.05, 0.1) is 5.02 Å². The lowest BCUT2D eigenvalue weighted by Gasteiger charge is -2.16. The van der Waals surface area contributed by atoms with Crippen molar-refractivity contribution in [1.29, 1.82) is 0 Å². The summed E-state index contributed by atoms with van der Waals surface area (Å²) in [6.45, 7) is 1.61. The zero-order valence-corrected chi connectivity index (χ0v) is 16.9. The topological polar surface area (TPSA) is 80.3 Å². The molecule has 1 aromatic heterocycles. The molecule has 0 bridgehead atoms. The number of nitrogens with one attached hydrogen (secondary N) is 2. The van der Waals surface area contributed by atoms with Crippen molar-refractivity contribution in [1.82, 2.24) is 4.98 Å². The van der Waals surface area contributed by atoms with Gasteiger partial charge in [0, 0.05) is 27.9 Å². The lowest BCUT2D eigenvalue weighted by Crippen LogP contribution is -2.30. The molecule has 1 heterocycles. The number of benzene rings is 2. The fourth-order valence-electron chi connectivity index (χ4n) is 2.22. The van der Waals surface area contributed by atoms with Gasteiger partial charge in [0.25, 0.3) is 11.8 Å². The van der Waals surface area contributed by atoms with Crippen LogP contribution in [-0.2, 0) is 4.79 Å². The molecule has 1 atom stereocenters. The Kier molecular flexibility index (Phi) is 6.51. The smallest absolute Gasteiger partial charge is 0.265 e. The van der Waals surface area contributed by atoms with E-state index in [9.17, 15) is 9.59 Å². The Morgan fingerprint density at radius 3 is 2.50 bits per heavy atom. The molecule has 6 nitrogen and oxygen atoms in total. The molecule has 2 aromatic carbocycles. The van der Waals surface area contributed by atoms with Crippen LogP contribution in [-0.4, -0.2) is 22.9 Å². The van der Waals surface area contributed by atoms with Crippen molar-refractivity contribution < 1.29 is 14.3 Å². The minimum absolute atomic E-state index is 0.276. The Morgan fingerprint density at radius 1 is 1.11 bits per heavy atom. The lowest BCUT2D eigenvalue weighted by molar-refractivity contribution is -0.122. The zero-order chi connectivity index (χ0) is 20.1. The number of carbonyl (C=O) groups is 2. The van der Waals surface area contributed by atoms with E-state index in [0.29, 0.717) is 32.2 Å². The van der Waals surface area contributed by atoms with E-state index >= 15 is 0 Å². The van der Waals surface area contributed by atoms with E-state index < -0.39 is 6.10 Å². The van der Waals surface area contributed by atoms with Crippen LogP contribution in [0.5, 0.6) is 5.75 Å². The second-order valence-corrected chi connectivity index (χ2v) is 7.43. The number of halogens is 2. The van der Waals surface area contributed by atoms with Crippen LogP contribution in [0, 0.1) is 0 Å². The molecule has 9 heteroatoms. The number of ether oxygens (including phenoxy) is 1. The summed E-state index contributed by atoms with van der Waals surface area (Å²) in [5.41, 5.74) is 0.985. The highest BCUT2D eigenvalue weighted by atomic mass is 35.5. The lowest BCUT2D eigenvalue weighted by atomic mass is 10.2. The van der Waals surface area contributed by atoms with Crippen LogP contribution in [0.4, 0.5) is 10.8 Å². The fourth-order valence-corrected chi connectivity index (χ4v) is 3.20. The standard InChI is InChI=1S/C19H15Cl2N3O3S/c1-11(27-16-7-4-13(20)10-15(16)21)17(25)23-14-5-2-12(3-6-14)18(26)24-19-22-8-9-28-19/h2-11H,1H3,(H,23,25)(H,22,24,26). The van der Waals surface area contributed by atoms with Crippen molar-refractivity contribution in [3.05, 3.63) is 69.7 Å². The van der Waals surface area contributed by atoms with E-state index in [-0.39, 0.29) is 11.8 Å². The number of anilines is 2. The van der Waals surface area contributed by atoms with Gasteiger partial charge in [0.2, 0.25) is 0 Å². The molecule has 0 saturated carbocycles. The Labute approximate surface area is 175 Å². The minimum atomic E-state index is -0.786. The normalized spacial score (nSPS) is 11.5. The number of nitrogens with zero attached hydrogens (tertiary/aromatic N) is 1. The number of carbonyl (C=O) groups excluding carboxylic acids is 2. The Hall–Kier alpha value is -2.61. The molecule has 3 aromatic rings. The van der Waals surface area contributed by atoms with Gasteiger partial charge in [0.1, 0.15) is 5.75 Å². The SMILES string of the molecule is CC(Oc1ccc(Cl)cc1Cl)C(=O)Nc1ccc(C(=O)Nc2nccs2)cc1. The molecule has 2 N–H and O–H groups in total. The first kappa shape index (κ1) is 20.1. The molecular formula is C19H15Cl2N3O3S. The average molecular weight is 436 g/mol. The first-order chi connectivity index (χ1) is 13.4. The molecule has 0 saturated heterocycles. The highest BCUT2D eigenvalue weighted by Gasteiger charge is 2.17. The zero-order valence-electron chi connectivity index (χ0n) is 14.6. The number of thiazole rings is 1. The molecule has 0 aliphatic rings. The Bertz CT molecular complexity index is 979. The first-order valence-electron chi connectivity index (χ1n) is 8.16. The summed E-state index contributed by atoms with van der Waals surface area (Å²) in [7, 11) is 0. The van der Waals surface area contributed by atoms with E-state index in [0.717, 1.165) is 0 Å². The maximum absolute atomic E-state index is 12.3. The van der Waals surface area contributed by atoms with Gasteiger partial charge in [0.15, 0.2) is 11.2 Å². The van der Waals surface area contributed by atoms with Crippen LogP contribution in [0.3, 0.4) is 0 Å². The second-order valence-electron chi connectivity index (χ2n) is 5.69. The van der Waals surface area contributed by atoms with Gasteiger partial charge >= 0.3 is 0 Å². The molecule has 0 aliphatic heterocycles. The summed E-state index contributed by atoms with van der Waals surface area (Å²) < 4.78 is 5.58. The summed E-state index contributed by atoms with van der Waals surface area (Å²) in [5, 5.41) is 8.52. The third kappa shape index (κ3) is 5.22. The van der Waals surface area contributed by atoms with Gasteiger partial charge in [-0.2, -0.15) is 0 Å².